The summed E-state index contributed by atoms with van der Waals surface area (Å²) < 4.78 is 0. The normalized spacial score (nSPS) is 10.5. The molecule has 100 valence electrons. The molecule has 0 amide bonds. The van der Waals surface area contributed by atoms with Crippen LogP contribution in [0.15, 0.2) is 29.9 Å². The van der Waals surface area contributed by atoms with Crippen LogP contribution >= 0.6 is 11.3 Å². The fraction of sp³-hybridized carbons (Fsp3) is 0.308. The molecule has 5 nitrogen and oxygen atoms in total. The average molecular weight is 277 g/mol. The first-order valence-corrected chi connectivity index (χ1v) is 6.91. The molecule has 2 aromatic heterocycles. The van der Waals surface area contributed by atoms with Crippen LogP contribution in [0.3, 0.4) is 0 Å². The number of aliphatic carboxylic acids is 1. The number of aromatic nitrogens is 2. The molecule has 0 aliphatic rings. The van der Waals surface area contributed by atoms with Crippen molar-refractivity contribution in [3.05, 3.63) is 34.9 Å². The lowest BCUT2D eigenvalue weighted by Gasteiger charge is -2.00. The Morgan fingerprint density at radius 1 is 1.32 bits per heavy atom. The Hall–Kier alpha value is -1.79. The third kappa shape index (κ3) is 4.42. The number of carboxylic acid groups (broad SMARTS) is 1. The SMILES string of the molecule is O=C(O)CCNCCc1nc(-c2ccncc2)cs1. The van der Waals surface area contributed by atoms with E-state index in [2.05, 4.69) is 15.3 Å². The van der Waals surface area contributed by atoms with Crippen molar-refractivity contribution in [2.75, 3.05) is 13.1 Å². The highest BCUT2D eigenvalue weighted by Crippen LogP contribution is 2.21. The second kappa shape index (κ2) is 6.96. The molecule has 0 aliphatic carbocycles. The van der Waals surface area contributed by atoms with E-state index in [0.29, 0.717) is 6.54 Å². The predicted octanol–water partition coefficient (Wildman–Crippen LogP) is 1.81. The van der Waals surface area contributed by atoms with Crippen molar-refractivity contribution in [3.8, 4) is 11.3 Å². The van der Waals surface area contributed by atoms with Gasteiger partial charge in [-0.15, -0.1) is 11.3 Å². The number of carboxylic acids is 1. The Morgan fingerprint density at radius 3 is 2.84 bits per heavy atom. The third-order valence-electron chi connectivity index (χ3n) is 2.56. The third-order valence-corrected chi connectivity index (χ3v) is 3.47. The van der Waals surface area contributed by atoms with Crippen LogP contribution in [0.4, 0.5) is 0 Å². The van der Waals surface area contributed by atoms with Crippen LogP contribution in [-0.2, 0) is 11.2 Å². The van der Waals surface area contributed by atoms with Crippen molar-refractivity contribution in [3.63, 3.8) is 0 Å². The van der Waals surface area contributed by atoms with Gasteiger partial charge in [0.15, 0.2) is 0 Å². The Bertz CT molecular complexity index is 528. The lowest BCUT2D eigenvalue weighted by atomic mass is 10.2. The van der Waals surface area contributed by atoms with E-state index in [1.165, 1.54) is 0 Å². The van der Waals surface area contributed by atoms with E-state index in [1.54, 1.807) is 23.7 Å². The largest absolute Gasteiger partial charge is 0.481 e. The fourth-order valence-corrected chi connectivity index (χ4v) is 2.40. The maximum Gasteiger partial charge on any atom is 0.304 e. The van der Waals surface area contributed by atoms with E-state index in [4.69, 9.17) is 5.11 Å². The topological polar surface area (TPSA) is 75.1 Å². The summed E-state index contributed by atoms with van der Waals surface area (Å²) in [5.74, 6) is -0.776. The monoisotopic (exact) mass is 277 g/mol. The van der Waals surface area contributed by atoms with Crippen molar-refractivity contribution in [1.82, 2.24) is 15.3 Å². The van der Waals surface area contributed by atoms with Gasteiger partial charge >= 0.3 is 5.97 Å². The molecule has 0 unspecified atom stereocenters. The maximum absolute atomic E-state index is 10.3. The molecule has 0 saturated carbocycles. The maximum atomic E-state index is 10.3. The molecule has 0 atom stereocenters. The summed E-state index contributed by atoms with van der Waals surface area (Å²) in [6.45, 7) is 1.24. The molecule has 0 spiro atoms. The average Bonchev–Trinajstić information content (AvgIpc) is 2.88. The molecule has 0 bridgehead atoms. The second-order valence-corrected chi connectivity index (χ2v) is 4.95. The lowest BCUT2D eigenvalue weighted by Crippen LogP contribution is -2.20. The van der Waals surface area contributed by atoms with Crippen molar-refractivity contribution >= 4 is 17.3 Å². The van der Waals surface area contributed by atoms with Gasteiger partial charge in [0.1, 0.15) is 0 Å². The zero-order valence-corrected chi connectivity index (χ0v) is 11.2. The van der Waals surface area contributed by atoms with Crippen molar-refractivity contribution < 1.29 is 9.90 Å². The van der Waals surface area contributed by atoms with Crippen molar-refractivity contribution in [2.45, 2.75) is 12.8 Å². The van der Waals surface area contributed by atoms with Gasteiger partial charge in [-0.3, -0.25) is 9.78 Å². The fourth-order valence-electron chi connectivity index (χ4n) is 1.60. The molecule has 2 heterocycles. The first-order valence-electron chi connectivity index (χ1n) is 6.03. The number of thiazole rings is 1. The second-order valence-electron chi connectivity index (χ2n) is 4.01. The van der Waals surface area contributed by atoms with Gasteiger partial charge < -0.3 is 10.4 Å². The molecule has 0 aromatic carbocycles. The van der Waals surface area contributed by atoms with Gasteiger partial charge in [-0.2, -0.15) is 0 Å². The minimum Gasteiger partial charge on any atom is -0.481 e. The number of nitrogens with one attached hydrogen (secondary N) is 1. The van der Waals surface area contributed by atoms with Crippen molar-refractivity contribution in [2.24, 2.45) is 0 Å². The van der Waals surface area contributed by atoms with Crippen molar-refractivity contribution in [1.29, 1.82) is 0 Å². The number of hydrogen-bond donors (Lipinski definition) is 2. The minimum absolute atomic E-state index is 0.153. The molecule has 0 saturated heterocycles. The summed E-state index contributed by atoms with van der Waals surface area (Å²) in [6.07, 6.45) is 4.47. The summed E-state index contributed by atoms with van der Waals surface area (Å²) in [5.41, 5.74) is 2.03. The van der Waals surface area contributed by atoms with E-state index < -0.39 is 5.97 Å². The van der Waals surface area contributed by atoms with Crippen LogP contribution in [0, 0.1) is 0 Å². The quantitative estimate of drug-likeness (QED) is 0.755. The van der Waals surface area contributed by atoms with Crippen LogP contribution < -0.4 is 5.32 Å². The first-order chi connectivity index (χ1) is 9.25. The van der Waals surface area contributed by atoms with Crippen LogP contribution in [0.25, 0.3) is 11.3 Å². The molecule has 19 heavy (non-hydrogen) atoms. The first kappa shape index (κ1) is 13.6. The Balaban J connectivity index is 1.80. The van der Waals surface area contributed by atoms with E-state index in [1.807, 2.05) is 17.5 Å². The van der Waals surface area contributed by atoms with Gasteiger partial charge in [0, 0.05) is 42.8 Å². The van der Waals surface area contributed by atoms with Gasteiger partial charge in [0.25, 0.3) is 0 Å². The standard InChI is InChI=1S/C13H15N3O2S/c17-13(18)4-8-15-7-3-12-16-11(9-19-12)10-1-5-14-6-2-10/h1-2,5-6,9,15H,3-4,7-8H2,(H,17,18). The smallest absolute Gasteiger partial charge is 0.304 e. The van der Waals surface area contributed by atoms with Crippen LogP contribution in [0.1, 0.15) is 11.4 Å². The zero-order valence-electron chi connectivity index (χ0n) is 10.4. The molecule has 2 N–H and O–H groups in total. The summed E-state index contributed by atoms with van der Waals surface area (Å²) >= 11 is 1.62. The molecule has 6 heteroatoms. The Labute approximate surface area is 115 Å². The number of carbonyl (C=O) groups is 1. The van der Waals surface area contributed by atoms with Gasteiger partial charge in [0.2, 0.25) is 0 Å². The number of hydrogen-bond acceptors (Lipinski definition) is 5. The molecular weight excluding hydrogens is 262 g/mol. The number of nitrogens with zero attached hydrogens (tertiary/aromatic N) is 2. The van der Waals surface area contributed by atoms with Gasteiger partial charge in [0.05, 0.1) is 17.1 Å². The Kier molecular flexibility index (Phi) is 5.00. The van der Waals surface area contributed by atoms with Gasteiger partial charge in [-0.05, 0) is 12.1 Å². The molecular formula is C13H15N3O2S. The molecule has 2 aromatic rings. The highest BCUT2D eigenvalue weighted by molar-refractivity contribution is 7.09. The Morgan fingerprint density at radius 2 is 2.11 bits per heavy atom. The van der Waals surface area contributed by atoms with Crippen LogP contribution in [0.5, 0.6) is 0 Å². The van der Waals surface area contributed by atoms with Gasteiger partial charge in [-0.1, -0.05) is 0 Å². The van der Waals surface area contributed by atoms with E-state index in [9.17, 15) is 4.79 Å². The lowest BCUT2D eigenvalue weighted by molar-refractivity contribution is -0.136. The highest BCUT2D eigenvalue weighted by atomic mass is 32.1. The summed E-state index contributed by atoms with van der Waals surface area (Å²) in [6, 6.07) is 3.87. The summed E-state index contributed by atoms with van der Waals surface area (Å²) in [4.78, 5) is 18.9. The highest BCUT2D eigenvalue weighted by Gasteiger charge is 2.04. The molecule has 0 aliphatic heterocycles. The summed E-state index contributed by atoms with van der Waals surface area (Å²) in [5, 5.41) is 14.7. The zero-order chi connectivity index (χ0) is 13.5. The molecule has 2 rings (SSSR count). The molecule has 0 fully saturated rings. The van der Waals surface area contributed by atoms with E-state index >= 15 is 0 Å². The molecule has 0 radical (unpaired) electrons. The van der Waals surface area contributed by atoms with E-state index in [-0.39, 0.29) is 6.42 Å². The van der Waals surface area contributed by atoms with Crippen LogP contribution in [-0.4, -0.2) is 34.1 Å². The van der Waals surface area contributed by atoms with E-state index in [0.717, 1.165) is 29.2 Å². The minimum atomic E-state index is -0.776. The number of pyridine rings is 1. The van der Waals surface area contributed by atoms with Crippen LogP contribution in [0.2, 0.25) is 0 Å². The number of rotatable bonds is 7. The summed E-state index contributed by atoms with van der Waals surface area (Å²) in [7, 11) is 0. The predicted molar refractivity (Wildman–Crippen MR) is 74.2 cm³/mol. The van der Waals surface area contributed by atoms with Gasteiger partial charge in [-0.25, -0.2) is 4.98 Å².